The molecule has 0 aliphatic heterocycles. The zero-order valence-corrected chi connectivity index (χ0v) is 19.7. The molecule has 36 heavy (non-hydrogen) atoms. The van der Waals surface area contributed by atoms with E-state index in [1.807, 2.05) is 30.3 Å². The van der Waals surface area contributed by atoms with Crippen molar-refractivity contribution in [1.82, 2.24) is 34.7 Å². The lowest BCUT2D eigenvalue weighted by Gasteiger charge is -2.34. The number of amides is 1. The third-order valence-electron chi connectivity index (χ3n) is 7.02. The van der Waals surface area contributed by atoms with Gasteiger partial charge in [-0.15, -0.1) is 5.10 Å². The minimum absolute atomic E-state index is 0.100. The molecule has 1 saturated carbocycles. The van der Waals surface area contributed by atoms with E-state index in [2.05, 4.69) is 25.5 Å². The predicted octanol–water partition coefficient (Wildman–Crippen LogP) is 2.50. The molecule has 3 atom stereocenters. The zero-order chi connectivity index (χ0) is 24.9. The number of fused-ring (bicyclic) bond motifs is 3. The Bertz CT molecular complexity index is 1540. The second kappa shape index (κ2) is 8.45. The summed E-state index contributed by atoms with van der Waals surface area (Å²) in [4.78, 5) is 23.1. The van der Waals surface area contributed by atoms with Gasteiger partial charge >= 0.3 is 0 Å². The lowest BCUT2D eigenvalue weighted by atomic mass is 9.88. The molecule has 4 N–H and O–H groups in total. The van der Waals surface area contributed by atoms with Gasteiger partial charge in [-0.1, -0.05) is 43.2 Å². The van der Waals surface area contributed by atoms with Gasteiger partial charge in [0, 0.05) is 0 Å². The Kier molecular flexibility index (Phi) is 5.22. The van der Waals surface area contributed by atoms with E-state index in [4.69, 9.17) is 10.2 Å². The highest BCUT2D eigenvalue weighted by Gasteiger charge is 2.42. The SMILES string of the molecule is CC(C(=O)N[C@@H]1CCCC[C@@H]1O)(c1ccccc1)n1ncc2c1nc(N)n1nc(-c3ccco3)nc21. The second-order valence-electron chi connectivity index (χ2n) is 9.28. The summed E-state index contributed by atoms with van der Waals surface area (Å²) in [5.74, 6) is 0.674. The summed E-state index contributed by atoms with van der Waals surface area (Å²) < 4.78 is 8.44. The van der Waals surface area contributed by atoms with Gasteiger partial charge in [-0.05, 0) is 37.5 Å². The Balaban J connectivity index is 1.51. The molecule has 1 amide bonds. The van der Waals surface area contributed by atoms with Gasteiger partial charge in [0.05, 0.1) is 30.0 Å². The number of nitrogens with two attached hydrogens (primary N) is 1. The van der Waals surface area contributed by atoms with Crippen LogP contribution in [0.15, 0.2) is 59.3 Å². The van der Waals surface area contributed by atoms with Gasteiger partial charge in [0.2, 0.25) is 11.8 Å². The lowest BCUT2D eigenvalue weighted by molar-refractivity contribution is -0.129. The van der Waals surface area contributed by atoms with Crippen LogP contribution in [0.4, 0.5) is 5.95 Å². The molecule has 0 bridgehead atoms. The van der Waals surface area contributed by atoms with Crippen LogP contribution in [-0.2, 0) is 10.3 Å². The highest BCUT2D eigenvalue weighted by atomic mass is 16.3. The van der Waals surface area contributed by atoms with Crippen molar-refractivity contribution in [2.24, 2.45) is 0 Å². The summed E-state index contributed by atoms with van der Waals surface area (Å²) in [5, 5.41) is 23.2. The fourth-order valence-electron chi connectivity index (χ4n) is 4.95. The minimum Gasteiger partial charge on any atom is -0.461 e. The Morgan fingerprint density at radius 1 is 1.14 bits per heavy atom. The lowest BCUT2D eigenvalue weighted by Crippen LogP contribution is -2.54. The fourth-order valence-corrected chi connectivity index (χ4v) is 4.95. The molecule has 4 heterocycles. The van der Waals surface area contributed by atoms with E-state index in [1.165, 1.54) is 4.52 Å². The summed E-state index contributed by atoms with van der Waals surface area (Å²) >= 11 is 0. The molecular weight excluding hydrogens is 460 g/mol. The molecule has 1 aromatic carbocycles. The number of furan rings is 1. The third kappa shape index (κ3) is 3.42. The fraction of sp³-hybridized carbons (Fsp3) is 0.320. The predicted molar refractivity (Wildman–Crippen MR) is 132 cm³/mol. The first kappa shape index (κ1) is 22.2. The summed E-state index contributed by atoms with van der Waals surface area (Å²) in [6, 6.07) is 12.6. The number of aliphatic hydroxyl groups excluding tert-OH is 1. The Morgan fingerprint density at radius 2 is 1.94 bits per heavy atom. The largest absolute Gasteiger partial charge is 0.461 e. The van der Waals surface area contributed by atoms with Crippen LogP contribution in [0.25, 0.3) is 28.3 Å². The van der Waals surface area contributed by atoms with E-state index in [9.17, 15) is 9.90 Å². The monoisotopic (exact) mass is 486 g/mol. The van der Waals surface area contributed by atoms with Gasteiger partial charge in [0.1, 0.15) is 0 Å². The average Bonchev–Trinajstić information content (AvgIpc) is 3.65. The molecule has 0 saturated heterocycles. The number of rotatable bonds is 5. The number of carbonyl (C=O) groups is 1. The summed E-state index contributed by atoms with van der Waals surface area (Å²) in [6.07, 6.45) is 5.87. The van der Waals surface area contributed by atoms with Gasteiger partial charge in [0.25, 0.3) is 5.91 Å². The quantitative estimate of drug-likeness (QED) is 0.343. The molecule has 1 aliphatic carbocycles. The van der Waals surface area contributed by atoms with Gasteiger partial charge in [0.15, 0.2) is 22.6 Å². The van der Waals surface area contributed by atoms with Gasteiger partial charge in [-0.25, -0.2) is 9.67 Å². The maximum Gasteiger partial charge on any atom is 0.252 e. The highest BCUT2D eigenvalue weighted by molar-refractivity contribution is 5.94. The van der Waals surface area contributed by atoms with Crippen molar-refractivity contribution in [3.63, 3.8) is 0 Å². The summed E-state index contributed by atoms with van der Waals surface area (Å²) in [6.45, 7) is 1.79. The molecule has 0 radical (unpaired) electrons. The Morgan fingerprint density at radius 3 is 2.69 bits per heavy atom. The van der Waals surface area contributed by atoms with Crippen LogP contribution in [0.3, 0.4) is 0 Å². The number of aromatic nitrogens is 6. The minimum atomic E-state index is -1.28. The number of nitrogens with one attached hydrogen (secondary N) is 1. The molecule has 184 valence electrons. The number of anilines is 1. The van der Waals surface area contributed by atoms with Crippen molar-refractivity contribution >= 4 is 28.5 Å². The number of nitrogen functional groups attached to an aromatic ring is 1. The first-order valence-corrected chi connectivity index (χ1v) is 12.0. The standard InChI is InChI=1S/C25H26N8O3/c1-25(15-8-3-2-4-9-15,23(35)28-17-10-5-6-11-18(17)34)33-22-16(14-27-33)21-29-20(19-12-7-13-36-19)31-32(21)24(26)30-22/h2-4,7-9,12-14,17-18,34H,5-6,10-11H2,1H3,(H2,26,30)(H,28,35)/t17-,18+,25?/m1/s1. The van der Waals surface area contributed by atoms with Gasteiger partial charge in [-0.2, -0.15) is 14.6 Å². The number of hydrogen-bond donors (Lipinski definition) is 3. The summed E-state index contributed by atoms with van der Waals surface area (Å²) in [7, 11) is 0. The maximum absolute atomic E-state index is 13.9. The smallest absolute Gasteiger partial charge is 0.252 e. The molecule has 11 heteroatoms. The molecule has 1 unspecified atom stereocenters. The zero-order valence-electron chi connectivity index (χ0n) is 19.7. The van der Waals surface area contributed by atoms with Crippen molar-refractivity contribution in [2.45, 2.75) is 50.3 Å². The van der Waals surface area contributed by atoms with Crippen molar-refractivity contribution < 1.29 is 14.3 Å². The van der Waals surface area contributed by atoms with E-state index in [1.54, 1.807) is 36.2 Å². The second-order valence-corrected chi connectivity index (χ2v) is 9.28. The first-order chi connectivity index (χ1) is 17.5. The molecule has 6 rings (SSSR count). The number of nitrogens with zero attached hydrogens (tertiary/aromatic N) is 6. The number of carbonyl (C=O) groups excluding carboxylic acids is 1. The summed E-state index contributed by atoms with van der Waals surface area (Å²) in [5.41, 5.74) is 6.57. The van der Waals surface area contributed by atoms with Crippen LogP contribution in [0.2, 0.25) is 0 Å². The van der Waals surface area contributed by atoms with E-state index >= 15 is 0 Å². The number of benzene rings is 1. The Labute approximate surface area is 205 Å². The van der Waals surface area contributed by atoms with Crippen molar-refractivity contribution in [2.75, 3.05) is 5.73 Å². The topological polar surface area (TPSA) is 149 Å². The van der Waals surface area contributed by atoms with Crippen LogP contribution in [0, 0.1) is 0 Å². The number of hydrogen-bond acceptors (Lipinski definition) is 8. The van der Waals surface area contributed by atoms with Crippen molar-refractivity contribution in [3.8, 4) is 11.6 Å². The Hall–Kier alpha value is -4.25. The average molecular weight is 487 g/mol. The normalized spacial score (nSPS) is 19.9. The third-order valence-corrected chi connectivity index (χ3v) is 7.02. The molecule has 1 aliphatic rings. The maximum atomic E-state index is 13.9. The molecule has 0 spiro atoms. The van der Waals surface area contributed by atoms with E-state index in [0.29, 0.717) is 34.7 Å². The molecular formula is C25H26N8O3. The molecule has 1 fully saturated rings. The highest BCUT2D eigenvalue weighted by Crippen LogP contribution is 2.32. The molecule has 11 nitrogen and oxygen atoms in total. The van der Waals surface area contributed by atoms with Crippen LogP contribution in [-0.4, -0.2) is 52.5 Å². The van der Waals surface area contributed by atoms with Crippen molar-refractivity contribution in [1.29, 1.82) is 0 Å². The van der Waals surface area contributed by atoms with Gasteiger partial charge in [-0.3, -0.25) is 4.79 Å². The van der Waals surface area contributed by atoms with E-state index in [0.717, 1.165) is 24.8 Å². The first-order valence-electron chi connectivity index (χ1n) is 12.0. The van der Waals surface area contributed by atoms with Crippen LogP contribution >= 0.6 is 0 Å². The van der Waals surface area contributed by atoms with Crippen molar-refractivity contribution in [3.05, 3.63) is 60.5 Å². The molecule has 5 aromatic rings. The van der Waals surface area contributed by atoms with Crippen LogP contribution in [0.1, 0.15) is 38.2 Å². The number of aliphatic hydroxyl groups is 1. The van der Waals surface area contributed by atoms with E-state index in [-0.39, 0.29) is 17.9 Å². The van der Waals surface area contributed by atoms with Gasteiger partial charge < -0.3 is 20.6 Å². The van der Waals surface area contributed by atoms with Crippen LogP contribution < -0.4 is 11.1 Å². The van der Waals surface area contributed by atoms with E-state index < -0.39 is 11.6 Å². The van der Waals surface area contributed by atoms with Crippen LogP contribution in [0.5, 0.6) is 0 Å². The molecule has 4 aromatic heterocycles.